The van der Waals surface area contributed by atoms with Crippen LogP contribution in [0.3, 0.4) is 0 Å². The van der Waals surface area contributed by atoms with Crippen LogP contribution in [-0.2, 0) is 16.0 Å². The molecule has 3 heterocycles. The summed E-state index contributed by atoms with van der Waals surface area (Å²) in [4.78, 5) is 48.1. The zero-order chi connectivity index (χ0) is 20.4. The highest BCUT2D eigenvalue weighted by atomic mass is 16.2. The van der Waals surface area contributed by atoms with Crippen LogP contribution in [0, 0.1) is 12.8 Å². The lowest BCUT2D eigenvalue weighted by molar-refractivity contribution is -0.132. The number of H-pyrrole nitrogens is 1. The number of aromatic nitrogens is 2. The Kier molecular flexibility index (Phi) is 5.99. The van der Waals surface area contributed by atoms with Gasteiger partial charge in [-0.2, -0.15) is 0 Å². The van der Waals surface area contributed by atoms with Crippen molar-refractivity contribution < 1.29 is 9.59 Å². The molecule has 1 saturated carbocycles. The van der Waals surface area contributed by atoms with Crippen LogP contribution in [-0.4, -0.2) is 69.8 Å². The fourth-order valence-electron chi connectivity index (χ4n) is 4.49. The van der Waals surface area contributed by atoms with E-state index in [1.165, 1.54) is 6.20 Å². The maximum atomic E-state index is 12.6. The van der Waals surface area contributed by atoms with Gasteiger partial charge in [-0.15, -0.1) is 0 Å². The Bertz CT molecular complexity index is 811. The van der Waals surface area contributed by atoms with E-state index in [0.29, 0.717) is 36.6 Å². The predicted octanol–water partition coefficient (Wildman–Crippen LogP) is 0.602. The largest absolute Gasteiger partial charge is 0.353 e. The minimum Gasteiger partial charge on any atom is -0.353 e. The molecule has 2 amide bonds. The first-order valence-corrected chi connectivity index (χ1v) is 10.9. The summed E-state index contributed by atoms with van der Waals surface area (Å²) in [6.07, 6.45) is 7.73. The lowest BCUT2D eigenvalue weighted by Gasteiger charge is -2.42. The van der Waals surface area contributed by atoms with Crippen molar-refractivity contribution in [3.8, 4) is 0 Å². The van der Waals surface area contributed by atoms with E-state index in [1.54, 1.807) is 6.92 Å². The summed E-state index contributed by atoms with van der Waals surface area (Å²) in [5, 5.41) is 3.15. The van der Waals surface area contributed by atoms with Crippen molar-refractivity contribution in [1.29, 1.82) is 0 Å². The second kappa shape index (κ2) is 8.65. The zero-order valence-corrected chi connectivity index (χ0v) is 17.2. The lowest BCUT2D eigenvalue weighted by atomic mass is 9.93. The molecule has 4 rings (SSSR count). The van der Waals surface area contributed by atoms with Gasteiger partial charge in [0.2, 0.25) is 11.8 Å². The number of amides is 2. The van der Waals surface area contributed by atoms with Gasteiger partial charge < -0.3 is 15.2 Å². The number of hydrogen-bond donors (Lipinski definition) is 2. The fourth-order valence-corrected chi connectivity index (χ4v) is 4.49. The van der Waals surface area contributed by atoms with Crippen molar-refractivity contribution in [2.75, 3.05) is 26.2 Å². The number of piperidine rings is 2. The number of aryl methyl sites for hydroxylation is 1. The first-order valence-electron chi connectivity index (χ1n) is 10.9. The van der Waals surface area contributed by atoms with Crippen LogP contribution in [0.15, 0.2) is 11.0 Å². The molecular formula is C21H31N5O3. The van der Waals surface area contributed by atoms with Crippen molar-refractivity contribution in [2.45, 2.75) is 64.0 Å². The highest BCUT2D eigenvalue weighted by molar-refractivity contribution is 5.79. The van der Waals surface area contributed by atoms with Gasteiger partial charge in [0.25, 0.3) is 5.56 Å². The average Bonchev–Trinajstić information content (AvgIpc) is 3.54. The van der Waals surface area contributed by atoms with Gasteiger partial charge in [0.05, 0.1) is 12.3 Å². The first kappa shape index (κ1) is 20.1. The van der Waals surface area contributed by atoms with E-state index in [0.717, 1.165) is 51.6 Å². The fraction of sp³-hybridized carbons (Fsp3) is 0.714. The van der Waals surface area contributed by atoms with E-state index >= 15 is 0 Å². The summed E-state index contributed by atoms with van der Waals surface area (Å²) in [6.45, 7) is 5.00. The molecule has 3 fully saturated rings. The monoisotopic (exact) mass is 401 g/mol. The first-order chi connectivity index (χ1) is 14.0. The third kappa shape index (κ3) is 5.04. The van der Waals surface area contributed by atoms with E-state index < -0.39 is 0 Å². The topological polar surface area (TPSA) is 98.4 Å². The number of nitrogens with one attached hydrogen (secondary N) is 2. The van der Waals surface area contributed by atoms with E-state index in [4.69, 9.17) is 0 Å². The van der Waals surface area contributed by atoms with E-state index in [2.05, 4.69) is 20.2 Å². The number of hydrogen-bond acceptors (Lipinski definition) is 5. The number of aromatic amines is 1. The van der Waals surface area contributed by atoms with Crippen molar-refractivity contribution >= 4 is 11.8 Å². The molecule has 1 atom stereocenters. The molecule has 29 heavy (non-hydrogen) atoms. The Balaban J connectivity index is 1.26. The molecule has 8 nitrogen and oxygen atoms in total. The van der Waals surface area contributed by atoms with Crippen LogP contribution >= 0.6 is 0 Å². The maximum absolute atomic E-state index is 12.6. The van der Waals surface area contributed by atoms with E-state index in [-0.39, 0.29) is 29.7 Å². The molecule has 0 aromatic carbocycles. The Labute approximate surface area is 171 Å². The van der Waals surface area contributed by atoms with Gasteiger partial charge >= 0.3 is 0 Å². The standard InChI is InChI=1S/C21H31N5O3/c1-14-22-12-16(21(29)23-14)11-19(27)25-9-6-18(7-10-25)26-8-2-3-15(13-26)20(28)24-17-4-5-17/h12,15,17-18H,2-11,13H2,1H3,(H,24,28)(H,22,23,29)/t15-/m1/s1. The van der Waals surface area contributed by atoms with Crippen LogP contribution in [0.1, 0.15) is 49.9 Å². The molecule has 0 spiro atoms. The van der Waals surface area contributed by atoms with Crippen LogP contribution in [0.25, 0.3) is 0 Å². The summed E-state index contributed by atoms with van der Waals surface area (Å²) < 4.78 is 0. The maximum Gasteiger partial charge on any atom is 0.254 e. The molecule has 8 heteroatoms. The molecule has 2 saturated heterocycles. The Morgan fingerprint density at radius 1 is 1.17 bits per heavy atom. The van der Waals surface area contributed by atoms with Gasteiger partial charge in [0.1, 0.15) is 5.82 Å². The molecule has 1 aliphatic carbocycles. The molecule has 0 unspecified atom stereocenters. The summed E-state index contributed by atoms with van der Waals surface area (Å²) in [7, 11) is 0. The van der Waals surface area contributed by atoms with Crippen LogP contribution in [0.4, 0.5) is 0 Å². The van der Waals surface area contributed by atoms with Crippen molar-refractivity contribution in [3.63, 3.8) is 0 Å². The molecule has 158 valence electrons. The molecular weight excluding hydrogens is 370 g/mol. The van der Waals surface area contributed by atoms with Crippen molar-refractivity contribution in [3.05, 3.63) is 27.9 Å². The van der Waals surface area contributed by atoms with Gasteiger partial charge in [-0.3, -0.25) is 19.3 Å². The highest BCUT2D eigenvalue weighted by Gasteiger charge is 2.34. The molecule has 0 bridgehead atoms. The lowest BCUT2D eigenvalue weighted by Crippen LogP contribution is -2.52. The minimum atomic E-state index is -0.232. The van der Waals surface area contributed by atoms with Gasteiger partial charge in [-0.25, -0.2) is 4.98 Å². The average molecular weight is 402 g/mol. The molecule has 0 radical (unpaired) electrons. The van der Waals surface area contributed by atoms with Crippen LogP contribution < -0.4 is 10.9 Å². The van der Waals surface area contributed by atoms with Gasteiger partial charge in [-0.05, 0) is 52.0 Å². The summed E-state index contributed by atoms with van der Waals surface area (Å²) in [5.74, 6) is 0.865. The molecule has 3 aliphatic rings. The zero-order valence-electron chi connectivity index (χ0n) is 17.2. The second-order valence-electron chi connectivity index (χ2n) is 8.73. The van der Waals surface area contributed by atoms with Crippen molar-refractivity contribution in [1.82, 2.24) is 25.1 Å². The number of likely N-dealkylation sites (tertiary alicyclic amines) is 2. The summed E-state index contributed by atoms with van der Waals surface area (Å²) in [6, 6.07) is 0.850. The number of carbonyl (C=O) groups excluding carboxylic acids is 2. The highest BCUT2D eigenvalue weighted by Crippen LogP contribution is 2.26. The van der Waals surface area contributed by atoms with Gasteiger partial charge in [0.15, 0.2) is 0 Å². The van der Waals surface area contributed by atoms with Gasteiger partial charge in [-0.1, -0.05) is 0 Å². The Morgan fingerprint density at radius 2 is 1.93 bits per heavy atom. The molecule has 1 aromatic rings. The Morgan fingerprint density at radius 3 is 2.62 bits per heavy atom. The SMILES string of the molecule is Cc1ncc(CC(=O)N2CCC(N3CCC[C@@H](C(=O)NC4CC4)C3)CC2)c(=O)[nH]1. The smallest absolute Gasteiger partial charge is 0.254 e. The molecule has 2 N–H and O–H groups in total. The molecule has 1 aromatic heterocycles. The van der Waals surface area contributed by atoms with Gasteiger partial charge in [0, 0.05) is 43.5 Å². The number of rotatable bonds is 5. The Hall–Kier alpha value is -2.22. The van der Waals surface area contributed by atoms with Crippen LogP contribution in [0.5, 0.6) is 0 Å². The third-order valence-corrected chi connectivity index (χ3v) is 6.42. The van der Waals surface area contributed by atoms with Crippen molar-refractivity contribution in [2.24, 2.45) is 5.92 Å². The normalized spacial score (nSPS) is 23.8. The second-order valence-corrected chi connectivity index (χ2v) is 8.73. The number of carbonyl (C=O) groups is 2. The minimum absolute atomic E-state index is 0.0139. The van der Waals surface area contributed by atoms with Crippen LogP contribution in [0.2, 0.25) is 0 Å². The van der Waals surface area contributed by atoms with E-state index in [1.807, 2.05) is 4.90 Å². The third-order valence-electron chi connectivity index (χ3n) is 6.42. The van der Waals surface area contributed by atoms with E-state index in [9.17, 15) is 14.4 Å². The summed E-state index contributed by atoms with van der Waals surface area (Å²) in [5.41, 5.74) is 0.188. The quantitative estimate of drug-likeness (QED) is 0.753. The summed E-state index contributed by atoms with van der Waals surface area (Å²) >= 11 is 0. The number of nitrogens with zero attached hydrogens (tertiary/aromatic N) is 3. The molecule has 2 aliphatic heterocycles. The predicted molar refractivity (Wildman–Crippen MR) is 108 cm³/mol.